The summed E-state index contributed by atoms with van der Waals surface area (Å²) < 4.78 is 0. The molecule has 0 aromatic heterocycles. The second kappa shape index (κ2) is 10.7. The number of unbranched alkanes of at least 4 members (excludes halogenated alkanes) is 1. The molecule has 0 aliphatic carbocycles. The van der Waals surface area contributed by atoms with Crippen molar-refractivity contribution in [2.24, 2.45) is 17.4 Å². The van der Waals surface area contributed by atoms with E-state index in [1.165, 1.54) is 0 Å². The topological polar surface area (TPSA) is 139 Å². The van der Waals surface area contributed by atoms with E-state index in [0.29, 0.717) is 13.0 Å². The zero-order chi connectivity index (χ0) is 14.7. The Hall–Kier alpha value is -1.18. The van der Waals surface area contributed by atoms with Gasteiger partial charge in [-0.3, -0.25) is 9.59 Å². The predicted molar refractivity (Wildman–Crippen MR) is 71.7 cm³/mol. The lowest BCUT2D eigenvalue weighted by atomic mass is 9.99. The molecule has 0 saturated carbocycles. The van der Waals surface area contributed by atoms with Crippen LogP contribution in [0.5, 0.6) is 0 Å². The van der Waals surface area contributed by atoms with Gasteiger partial charge in [-0.05, 0) is 45.3 Å². The maximum atomic E-state index is 10.3. The fourth-order valence-corrected chi connectivity index (χ4v) is 1.70. The monoisotopic (exact) mass is 275 g/mol. The largest absolute Gasteiger partial charge is 0.481 e. The standard InChI is InChI=1S/C6H14N2O2.C6H11NO2/c7-4-2-1-3-5(8)6(9)10;8-6(9)5-1-3-7-4-2-5/h5H,1-4,7-8H2,(H,9,10);5,7H,1-4H2,(H,8,9)/t5-;/m0./s1. The molecule has 0 radical (unpaired) electrons. The maximum absolute atomic E-state index is 10.3. The number of carbonyl (C=O) groups is 2. The minimum Gasteiger partial charge on any atom is -0.481 e. The molecule has 0 bridgehead atoms. The Morgan fingerprint density at radius 2 is 1.79 bits per heavy atom. The summed E-state index contributed by atoms with van der Waals surface area (Å²) in [6.07, 6.45) is 3.74. The molecule has 1 rings (SSSR count). The molecule has 7 nitrogen and oxygen atoms in total. The highest BCUT2D eigenvalue weighted by Gasteiger charge is 2.19. The number of carboxylic acid groups (broad SMARTS) is 2. The van der Waals surface area contributed by atoms with Crippen LogP contribution in [0.3, 0.4) is 0 Å². The van der Waals surface area contributed by atoms with Crippen LogP contribution in [-0.4, -0.2) is 47.8 Å². The SMILES string of the molecule is NCCCC[C@H](N)C(=O)O.O=C(O)C1CCNCC1. The second-order valence-corrected chi connectivity index (χ2v) is 4.59. The molecule has 1 atom stereocenters. The van der Waals surface area contributed by atoms with Crippen LogP contribution in [0.2, 0.25) is 0 Å². The Morgan fingerprint density at radius 1 is 1.21 bits per heavy atom. The van der Waals surface area contributed by atoms with Crippen LogP contribution in [0.1, 0.15) is 32.1 Å². The third-order valence-corrected chi connectivity index (χ3v) is 2.97. The summed E-state index contributed by atoms with van der Waals surface area (Å²) in [5, 5.41) is 19.9. The molecule has 1 aliphatic rings. The van der Waals surface area contributed by atoms with Crippen molar-refractivity contribution in [3.8, 4) is 0 Å². The lowest BCUT2D eigenvalue weighted by Crippen LogP contribution is -2.31. The first-order valence-corrected chi connectivity index (χ1v) is 6.61. The predicted octanol–water partition coefficient (Wildman–Crippen LogP) is -0.402. The minimum absolute atomic E-state index is 0.0914. The Kier molecular flexibility index (Phi) is 10.1. The third-order valence-electron chi connectivity index (χ3n) is 2.97. The summed E-state index contributed by atoms with van der Waals surface area (Å²) in [6.45, 7) is 2.32. The van der Waals surface area contributed by atoms with Crippen molar-refractivity contribution in [3.05, 3.63) is 0 Å². The summed E-state index contributed by atoms with van der Waals surface area (Å²) in [4.78, 5) is 20.5. The molecule has 0 unspecified atom stereocenters. The van der Waals surface area contributed by atoms with Crippen molar-refractivity contribution in [1.82, 2.24) is 5.32 Å². The fraction of sp³-hybridized carbons (Fsp3) is 0.833. The molecule has 1 saturated heterocycles. The van der Waals surface area contributed by atoms with Gasteiger partial charge in [0.2, 0.25) is 0 Å². The molecule has 1 heterocycles. The van der Waals surface area contributed by atoms with Gasteiger partial charge in [0.1, 0.15) is 6.04 Å². The van der Waals surface area contributed by atoms with Gasteiger partial charge in [-0.1, -0.05) is 6.42 Å². The number of hydrogen-bond acceptors (Lipinski definition) is 5. The second-order valence-electron chi connectivity index (χ2n) is 4.59. The molecular weight excluding hydrogens is 250 g/mol. The quantitative estimate of drug-likeness (QED) is 0.415. The number of rotatable bonds is 6. The Bertz CT molecular complexity index is 268. The Labute approximate surface area is 113 Å². The van der Waals surface area contributed by atoms with Crippen molar-refractivity contribution >= 4 is 11.9 Å². The van der Waals surface area contributed by atoms with Crippen molar-refractivity contribution < 1.29 is 19.8 Å². The molecule has 0 aromatic carbocycles. The van der Waals surface area contributed by atoms with E-state index in [1.807, 2.05) is 0 Å². The van der Waals surface area contributed by atoms with Crippen LogP contribution >= 0.6 is 0 Å². The van der Waals surface area contributed by atoms with Crippen LogP contribution in [0.4, 0.5) is 0 Å². The fourth-order valence-electron chi connectivity index (χ4n) is 1.70. The van der Waals surface area contributed by atoms with Gasteiger partial charge in [0.15, 0.2) is 0 Å². The van der Waals surface area contributed by atoms with Gasteiger partial charge in [-0.15, -0.1) is 0 Å². The van der Waals surface area contributed by atoms with Gasteiger partial charge in [0, 0.05) is 0 Å². The molecule has 0 spiro atoms. The normalized spacial score (nSPS) is 17.2. The molecule has 0 aromatic rings. The zero-order valence-electron chi connectivity index (χ0n) is 11.2. The van der Waals surface area contributed by atoms with E-state index in [-0.39, 0.29) is 5.92 Å². The number of hydrogen-bond donors (Lipinski definition) is 5. The van der Waals surface area contributed by atoms with E-state index >= 15 is 0 Å². The number of piperidine rings is 1. The zero-order valence-corrected chi connectivity index (χ0v) is 11.2. The van der Waals surface area contributed by atoms with Crippen LogP contribution < -0.4 is 16.8 Å². The van der Waals surface area contributed by atoms with Crippen molar-refractivity contribution in [2.75, 3.05) is 19.6 Å². The third kappa shape index (κ3) is 9.40. The first-order valence-electron chi connectivity index (χ1n) is 6.61. The summed E-state index contributed by atoms with van der Waals surface area (Å²) in [5.74, 6) is -1.67. The summed E-state index contributed by atoms with van der Waals surface area (Å²) >= 11 is 0. The highest BCUT2D eigenvalue weighted by Crippen LogP contribution is 2.10. The smallest absolute Gasteiger partial charge is 0.320 e. The Morgan fingerprint density at radius 3 is 2.16 bits per heavy atom. The number of nitrogens with one attached hydrogen (secondary N) is 1. The summed E-state index contributed by atoms with van der Waals surface area (Å²) in [7, 11) is 0. The van der Waals surface area contributed by atoms with Gasteiger partial charge >= 0.3 is 11.9 Å². The first kappa shape index (κ1) is 17.8. The van der Waals surface area contributed by atoms with Gasteiger partial charge in [-0.25, -0.2) is 0 Å². The average molecular weight is 275 g/mol. The minimum atomic E-state index is -0.933. The van der Waals surface area contributed by atoms with E-state index in [9.17, 15) is 9.59 Å². The van der Waals surface area contributed by atoms with Crippen LogP contribution in [0.15, 0.2) is 0 Å². The molecule has 1 aliphatic heterocycles. The lowest BCUT2D eigenvalue weighted by Gasteiger charge is -2.17. The summed E-state index contributed by atoms with van der Waals surface area (Å²) in [5.41, 5.74) is 10.4. The van der Waals surface area contributed by atoms with Crippen molar-refractivity contribution in [3.63, 3.8) is 0 Å². The van der Waals surface area contributed by atoms with Gasteiger partial charge in [0.25, 0.3) is 0 Å². The van der Waals surface area contributed by atoms with Crippen LogP contribution in [0, 0.1) is 5.92 Å². The van der Waals surface area contributed by atoms with Crippen LogP contribution in [0.25, 0.3) is 0 Å². The number of aliphatic carboxylic acids is 2. The van der Waals surface area contributed by atoms with Gasteiger partial charge in [0.05, 0.1) is 5.92 Å². The van der Waals surface area contributed by atoms with Gasteiger partial charge in [-0.2, -0.15) is 0 Å². The summed E-state index contributed by atoms with van der Waals surface area (Å²) in [6, 6.07) is -0.716. The lowest BCUT2D eigenvalue weighted by molar-refractivity contribution is -0.142. The highest BCUT2D eigenvalue weighted by atomic mass is 16.4. The number of nitrogens with two attached hydrogens (primary N) is 2. The first-order chi connectivity index (χ1) is 8.99. The van der Waals surface area contributed by atoms with Gasteiger partial charge < -0.3 is 27.0 Å². The highest BCUT2D eigenvalue weighted by molar-refractivity contribution is 5.72. The van der Waals surface area contributed by atoms with E-state index in [0.717, 1.165) is 38.8 Å². The molecule has 112 valence electrons. The Balaban J connectivity index is 0.000000342. The van der Waals surface area contributed by atoms with Crippen molar-refractivity contribution in [1.29, 1.82) is 0 Å². The molecule has 0 amide bonds. The van der Waals surface area contributed by atoms with E-state index < -0.39 is 18.0 Å². The maximum Gasteiger partial charge on any atom is 0.320 e. The molecule has 1 fully saturated rings. The van der Waals surface area contributed by atoms with Crippen molar-refractivity contribution in [2.45, 2.75) is 38.1 Å². The van der Waals surface area contributed by atoms with E-state index in [2.05, 4.69) is 5.32 Å². The molecule has 7 N–H and O–H groups in total. The van der Waals surface area contributed by atoms with E-state index in [1.54, 1.807) is 0 Å². The number of carboxylic acids is 2. The molecule has 7 heteroatoms. The van der Waals surface area contributed by atoms with E-state index in [4.69, 9.17) is 21.7 Å². The molecular formula is C12H25N3O4. The average Bonchev–Trinajstić information content (AvgIpc) is 2.40. The van der Waals surface area contributed by atoms with Crippen LogP contribution in [-0.2, 0) is 9.59 Å². The molecule has 19 heavy (non-hydrogen) atoms.